The Hall–Kier alpha value is -0.470. The molecule has 0 saturated carbocycles. The average molecular weight is 306 g/mol. The Morgan fingerprint density at radius 1 is 1.29 bits per heavy atom. The van der Waals surface area contributed by atoms with E-state index in [1.807, 2.05) is 0 Å². The lowest BCUT2D eigenvalue weighted by atomic mass is 9.83. The van der Waals surface area contributed by atoms with E-state index in [4.69, 9.17) is 0 Å². The molecule has 0 radical (unpaired) electrons. The van der Waals surface area contributed by atoms with Crippen molar-refractivity contribution in [1.29, 1.82) is 0 Å². The second-order valence-corrected chi connectivity index (χ2v) is 8.70. The van der Waals surface area contributed by atoms with Crippen molar-refractivity contribution in [2.24, 2.45) is 5.41 Å². The van der Waals surface area contributed by atoms with Crippen molar-refractivity contribution in [1.82, 2.24) is 5.32 Å². The zero-order valence-electron chi connectivity index (χ0n) is 14.1. The van der Waals surface area contributed by atoms with Gasteiger partial charge in [-0.1, -0.05) is 52.3 Å². The fourth-order valence-electron chi connectivity index (χ4n) is 3.12. The average Bonchev–Trinajstić information content (AvgIpc) is 2.83. The maximum atomic E-state index is 3.75. The van der Waals surface area contributed by atoms with Gasteiger partial charge in [0.2, 0.25) is 0 Å². The van der Waals surface area contributed by atoms with Gasteiger partial charge in [-0.3, -0.25) is 0 Å². The van der Waals surface area contributed by atoms with Crippen LogP contribution in [0.25, 0.3) is 0 Å². The molecule has 1 nitrogen and oxygen atoms in total. The van der Waals surface area contributed by atoms with Gasteiger partial charge < -0.3 is 5.32 Å². The van der Waals surface area contributed by atoms with Crippen LogP contribution in [0.15, 0.2) is 29.2 Å². The second kappa shape index (κ2) is 7.69. The molecule has 1 aliphatic heterocycles. The molecule has 0 saturated heterocycles. The minimum absolute atomic E-state index is 0.362. The Labute approximate surface area is 135 Å². The summed E-state index contributed by atoms with van der Waals surface area (Å²) in [5.74, 6) is 0. The maximum absolute atomic E-state index is 3.75. The first-order valence-corrected chi connectivity index (χ1v) is 9.36. The predicted octanol–water partition coefficient (Wildman–Crippen LogP) is 5.29. The smallest absolute Gasteiger partial charge is 0.0135 e. The van der Waals surface area contributed by atoms with Crippen LogP contribution < -0.4 is 5.32 Å². The highest BCUT2D eigenvalue weighted by molar-refractivity contribution is 8.00. The summed E-state index contributed by atoms with van der Waals surface area (Å²) in [5.41, 5.74) is 1.92. The molecule has 0 fully saturated rings. The summed E-state index contributed by atoms with van der Waals surface area (Å²) in [5, 5.41) is 4.55. The molecule has 1 aromatic rings. The second-order valence-electron chi connectivity index (χ2n) is 7.36. The molecule has 2 heteroatoms. The largest absolute Gasteiger partial charge is 0.313 e. The van der Waals surface area contributed by atoms with Crippen molar-refractivity contribution in [3.8, 4) is 0 Å². The minimum Gasteiger partial charge on any atom is -0.313 e. The summed E-state index contributed by atoms with van der Waals surface area (Å²) in [6.45, 7) is 10.5. The number of nitrogens with one attached hydrogen (secondary N) is 1. The lowest BCUT2D eigenvalue weighted by Gasteiger charge is -2.32. The number of benzene rings is 1. The Bertz CT molecular complexity index is 410. The zero-order valence-corrected chi connectivity index (χ0v) is 14.9. The molecule has 21 heavy (non-hydrogen) atoms. The molecule has 0 spiro atoms. The van der Waals surface area contributed by atoms with Gasteiger partial charge in [-0.2, -0.15) is 0 Å². The molecule has 0 amide bonds. The van der Waals surface area contributed by atoms with Crippen LogP contribution in [0.2, 0.25) is 0 Å². The number of hydrogen-bond acceptors (Lipinski definition) is 2. The SMILES string of the molecule is CCCNC(CCCC1Cc2ccccc2S1)C(C)(C)C. The van der Waals surface area contributed by atoms with Crippen LogP contribution in [0.4, 0.5) is 0 Å². The van der Waals surface area contributed by atoms with Gasteiger partial charge in [0.15, 0.2) is 0 Å². The fraction of sp³-hybridized carbons (Fsp3) is 0.684. The Morgan fingerprint density at radius 2 is 2.05 bits per heavy atom. The summed E-state index contributed by atoms with van der Waals surface area (Å²) >= 11 is 2.09. The summed E-state index contributed by atoms with van der Waals surface area (Å²) in [4.78, 5) is 1.51. The molecule has 0 bridgehead atoms. The van der Waals surface area contributed by atoms with Gasteiger partial charge in [-0.05, 0) is 49.3 Å². The van der Waals surface area contributed by atoms with Crippen LogP contribution in [0.5, 0.6) is 0 Å². The van der Waals surface area contributed by atoms with Gasteiger partial charge in [0.25, 0.3) is 0 Å². The van der Waals surface area contributed by atoms with Crippen LogP contribution >= 0.6 is 11.8 Å². The van der Waals surface area contributed by atoms with Gasteiger partial charge in [0.05, 0.1) is 0 Å². The van der Waals surface area contributed by atoms with E-state index in [1.54, 1.807) is 5.56 Å². The molecule has 2 unspecified atom stereocenters. The molecular weight excluding hydrogens is 274 g/mol. The van der Waals surface area contributed by atoms with Gasteiger partial charge >= 0.3 is 0 Å². The number of thioether (sulfide) groups is 1. The van der Waals surface area contributed by atoms with Gasteiger partial charge in [0, 0.05) is 16.2 Å². The molecule has 0 aliphatic carbocycles. The molecule has 0 aromatic heterocycles. The van der Waals surface area contributed by atoms with E-state index in [0.717, 1.165) is 11.8 Å². The molecular formula is C19H31NS. The summed E-state index contributed by atoms with van der Waals surface area (Å²) < 4.78 is 0. The monoisotopic (exact) mass is 305 g/mol. The van der Waals surface area contributed by atoms with E-state index >= 15 is 0 Å². The number of rotatable bonds is 7. The van der Waals surface area contributed by atoms with Gasteiger partial charge in [0.1, 0.15) is 0 Å². The van der Waals surface area contributed by atoms with Crippen molar-refractivity contribution in [3.05, 3.63) is 29.8 Å². The van der Waals surface area contributed by atoms with E-state index in [2.05, 4.69) is 69.0 Å². The van der Waals surface area contributed by atoms with Crippen molar-refractivity contribution in [3.63, 3.8) is 0 Å². The Morgan fingerprint density at radius 3 is 2.71 bits per heavy atom. The lowest BCUT2D eigenvalue weighted by Crippen LogP contribution is -2.40. The quantitative estimate of drug-likeness (QED) is 0.734. The molecule has 118 valence electrons. The first-order chi connectivity index (χ1) is 10.0. The van der Waals surface area contributed by atoms with Gasteiger partial charge in [-0.25, -0.2) is 0 Å². The number of fused-ring (bicyclic) bond motifs is 1. The van der Waals surface area contributed by atoms with Crippen molar-refractivity contribution < 1.29 is 0 Å². The molecule has 1 N–H and O–H groups in total. The number of hydrogen-bond donors (Lipinski definition) is 1. The van der Waals surface area contributed by atoms with Crippen LogP contribution in [0, 0.1) is 5.41 Å². The highest BCUT2D eigenvalue weighted by atomic mass is 32.2. The zero-order chi connectivity index (χ0) is 15.3. The topological polar surface area (TPSA) is 12.0 Å². The summed E-state index contributed by atoms with van der Waals surface area (Å²) in [6.07, 6.45) is 6.48. The van der Waals surface area contributed by atoms with E-state index in [-0.39, 0.29) is 0 Å². The summed E-state index contributed by atoms with van der Waals surface area (Å²) in [6, 6.07) is 9.56. The molecule has 1 heterocycles. The summed E-state index contributed by atoms with van der Waals surface area (Å²) in [7, 11) is 0. The first-order valence-electron chi connectivity index (χ1n) is 8.48. The van der Waals surface area contributed by atoms with E-state index < -0.39 is 0 Å². The molecule has 1 aromatic carbocycles. The van der Waals surface area contributed by atoms with Crippen LogP contribution in [-0.2, 0) is 6.42 Å². The standard InChI is InChI=1S/C19H31NS/c1-5-13-20-18(19(2,3)4)12-8-10-16-14-15-9-6-7-11-17(15)21-16/h6-7,9,11,16,18,20H,5,8,10,12-14H2,1-4H3. The highest BCUT2D eigenvalue weighted by Gasteiger charge is 2.25. The normalized spacial score (nSPS) is 19.5. The third kappa shape index (κ3) is 5.03. The maximum Gasteiger partial charge on any atom is 0.0135 e. The highest BCUT2D eigenvalue weighted by Crippen LogP contribution is 2.39. The van der Waals surface area contributed by atoms with Crippen molar-refractivity contribution >= 4 is 11.8 Å². The van der Waals surface area contributed by atoms with Crippen LogP contribution in [0.1, 0.15) is 58.9 Å². The third-order valence-electron chi connectivity index (χ3n) is 4.42. The van der Waals surface area contributed by atoms with Crippen LogP contribution in [0.3, 0.4) is 0 Å². The van der Waals surface area contributed by atoms with E-state index in [9.17, 15) is 0 Å². The lowest BCUT2D eigenvalue weighted by molar-refractivity contribution is 0.250. The first kappa shape index (κ1) is 16.9. The molecule has 2 atom stereocenters. The van der Waals surface area contributed by atoms with E-state index in [1.165, 1.54) is 37.0 Å². The minimum atomic E-state index is 0.362. The van der Waals surface area contributed by atoms with Crippen molar-refractivity contribution in [2.75, 3.05) is 6.54 Å². The van der Waals surface area contributed by atoms with E-state index in [0.29, 0.717) is 11.5 Å². The molecule has 1 aliphatic rings. The Balaban J connectivity index is 1.76. The third-order valence-corrected chi connectivity index (χ3v) is 5.81. The van der Waals surface area contributed by atoms with Crippen molar-refractivity contribution in [2.45, 2.75) is 76.0 Å². The fourth-order valence-corrected chi connectivity index (χ4v) is 4.49. The van der Waals surface area contributed by atoms with Crippen LogP contribution in [-0.4, -0.2) is 17.8 Å². The Kier molecular flexibility index (Phi) is 6.19. The van der Waals surface area contributed by atoms with Gasteiger partial charge in [-0.15, -0.1) is 11.8 Å². The predicted molar refractivity (Wildman–Crippen MR) is 95.2 cm³/mol. The molecule has 2 rings (SSSR count).